The number of guanidine groups is 1. The van der Waals surface area contributed by atoms with Crippen molar-refractivity contribution >= 4 is 29.9 Å². The molecule has 0 aromatic heterocycles. The number of hydrogen-bond donors (Lipinski definition) is 2. The summed E-state index contributed by atoms with van der Waals surface area (Å²) in [6.07, 6.45) is 0.383. The van der Waals surface area contributed by atoms with E-state index < -0.39 is 6.10 Å². The summed E-state index contributed by atoms with van der Waals surface area (Å²) in [6, 6.07) is 16.0. The molecule has 0 saturated heterocycles. The van der Waals surface area contributed by atoms with Crippen molar-refractivity contribution in [3.05, 3.63) is 65.2 Å². The Morgan fingerprint density at radius 1 is 1.19 bits per heavy atom. The van der Waals surface area contributed by atoms with Crippen molar-refractivity contribution < 1.29 is 9.84 Å². The minimum Gasteiger partial charge on any atom is -0.497 e. The molecule has 0 spiro atoms. The molecular formula is C21H28IN3O2. The molecule has 5 nitrogen and oxygen atoms in total. The van der Waals surface area contributed by atoms with Gasteiger partial charge in [0, 0.05) is 19.6 Å². The first-order chi connectivity index (χ1) is 12.7. The largest absolute Gasteiger partial charge is 0.497 e. The molecule has 0 saturated carbocycles. The van der Waals surface area contributed by atoms with Crippen molar-refractivity contribution in [2.75, 3.05) is 26.7 Å². The predicted octanol–water partition coefficient (Wildman–Crippen LogP) is 3.37. The maximum absolute atomic E-state index is 10.5. The minimum absolute atomic E-state index is 0. The lowest BCUT2D eigenvalue weighted by Crippen LogP contribution is -2.44. The molecule has 0 amide bonds. The van der Waals surface area contributed by atoms with Gasteiger partial charge in [-0.3, -0.25) is 4.99 Å². The minimum atomic E-state index is -0.633. The van der Waals surface area contributed by atoms with Gasteiger partial charge >= 0.3 is 0 Å². The Morgan fingerprint density at radius 3 is 2.56 bits per heavy atom. The van der Waals surface area contributed by atoms with Gasteiger partial charge in [0.2, 0.25) is 0 Å². The summed E-state index contributed by atoms with van der Waals surface area (Å²) in [5.41, 5.74) is 3.60. The quantitative estimate of drug-likeness (QED) is 0.391. The van der Waals surface area contributed by atoms with E-state index in [2.05, 4.69) is 46.4 Å². The third kappa shape index (κ3) is 5.59. The second-order valence-corrected chi connectivity index (χ2v) is 6.42. The average Bonchev–Trinajstić information content (AvgIpc) is 2.70. The second-order valence-electron chi connectivity index (χ2n) is 6.42. The highest BCUT2D eigenvalue weighted by Crippen LogP contribution is 2.20. The highest BCUT2D eigenvalue weighted by molar-refractivity contribution is 14.0. The molecule has 0 fully saturated rings. The zero-order chi connectivity index (χ0) is 18.4. The van der Waals surface area contributed by atoms with Crippen molar-refractivity contribution in [3.8, 4) is 5.75 Å². The van der Waals surface area contributed by atoms with Gasteiger partial charge in [-0.05, 0) is 42.2 Å². The van der Waals surface area contributed by atoms with Crippen LogP contribution in [0, 0.1) is 0 Å². The van der Waals surface area contributed by atoms with Gasteiger partial charge in [0.1, 0.15) is 5.75 Å². The van der Waals surface area contributed by atoms with Crippen LogP contribution in [0.5, 0.6) is 5.75 Å². The van der Waals surface area contributed by atoms with E-state index in [-0.39, 0.29) is 24.0 Å². The SMILES string of the molecule is CCNC(=NCC(O)c1ccc(OC)cc1)N1CCc2ccccc2C1.I. The van der Waals surface area contributed by atoms with E-state index >= 15 is 0 Å². The molecule has 0 bridgehead atoms. The fraction of sp³-hybridized carbons (Fsp3) is 0.381. The number of fused-ring (bicyclic) bond motifs is 1. The average molecular weight is 481 g/mol. The van der Waals surface area contributed by atoms with Crippen LogP contribution in [0.2, 0.25) is 0 Å². The van der Waals surface area contributed by atoms with Gasteiger partial charge in [0.25, 0.3) is 0 Å². The van der Waals surface area contributed by atoms with E-state index in [9.17, 15) is 5.11 Å². The Balaban J connectivity index is 0.00000261. The van der Waals surface area contributed by atoms with Crippen LogP contribution in [-0.2, 0) is 13.0 Å². The second kappa shape index (κ2) is 10.5. The molecule has 1 atom stereocenters. The van der Waals surface area contributed by atoms with E-state index in [0.29, 0.717) is 6.54 Å². The van der Waals surface area contributed by atoms with Crippen molar-refractivity contribution in [2.24, 2.45) is 4.99 Å². The summed E-state index contributed by atoms with van der Waals surface area (Å²) in [5.74, 6) is 1.64. The molecule has 0 aliphatic carbocycles. The predicted molar refractivity (Wildman–Crippen MR) is 120 cm³/mol. The van der Waals surface area contributed by atoms with Crippen LogP contribution < -0.4 is 10.1 Å². The number of nitrogens with one attached hydrogen (secondary N) is 1. The molecule has 2 N–H and O–H groups in total. The van der Waals surface area contributed by atoms with E-state index in [0.717, 1.165) is 43.3 Å². The molecule has 2 aromatic rings. The monoisotopic (exact) mass is 481 g/mol. The molecule has 1 heterocycles. The molecule has 146 valence electrons. The van der Waals surface area contributed by atoms with Crippen LogP contribution in [0.4, 0.5) is 0 Å². The lowest BCUT2D eigenvalue weighted by atomic mass is 10.0. The molecular weight excluding hydrogens is 453 g/mol. The van der Waals surface area contributed by atoms with E-state index in [1.165, 1.54) is 11.1 Å². The number of methoxy groups -OCH3 is 1. The molecule has 2 aromatic carbocycles. The summed E-state index contributed by atoms with van der Waals surface area (Å²) >= 11 is 0. The van der Waals surface area contributed by atoms with E-state index in [4.69, 9.17) is 4.74 Å². The topological polar surface area (TPSA) is 57.1 Å². The number of ether oxygens (including phenoxy) is 1. The fourth-order valence-corrected chi connectivity index (χ4v) is 3.21. The van der Waals surface area contributed by atoms with Gasteiger partial charge < -0.3 is 20.1 Å². The maximum Gasteiger partial charge on any atom is 0.194 e. The third-order valence-electron chi connectivity index (χ3n) is 4.68. The summed E-state index contributed by atoms with van der Waals surface area (Å²) in [7, 11) is 1.63. The summed E-state index contributed by atoms with van der Waals surface area (Å²) in [5, 5.41) is 13.8. The Labute approximate surface area is 178 Å². The zero-order valence-electron chi connectivity index (χ0n) is 15.9. The lowest BCUT2D eigenvalue weighted by Gasteiger charge is -2.31. The third-order valence-corrected chi connectivity index (χ3v) is 4.68. The van der Waals surface area contributed by atoms with Gasteiger partial charge in [-0.2, -0.15) is 0 Å². The van der Waals surface area contributed by atoms with Gasteiger partial charge in [0.05, 0.1) is 19.8 Å². The number of hydrogen-bond acceptors (Lipinski definition) is 3. The standard InChI is InChI=1S/C21H27N3O2.HI/c1-3-22-21(24-13-12-16-6-4-5-7-18(16)15-24)23-14-20(25)17-8-10-19(26-2)11-9-17;/h4-11,20,25H,3,12-15H2,1-2H3,(H,22,23);1H. The molecule has 1 aliphatic rings. The highest BCUT2D eigenvalue weighted by Gasteiger charge is 2.19. The number of aliphatic imine (C=N–C) groups is 1. The summed E-state index contributed by atoms with van der Waals surface area (Å²) in [4.78, 5) is 6.94. The van der Waals surface area contributed by atoms with Crippen molar-refractivity contribution in [1.29, 1.82) is 0 Å². The fourth-order valence-electron chi connectivity index (χ4n) is 3.21. The smallest absolute Gasteiger partial charge is 0.194 e. The first kappa shape index (κ1) is 21.5. The first-order valence-corrected chi connectivity index (χ1v) is 9.13. The van der Waals surface area contributed by atoms with Crippen molar-refractivity contribution in [3.63, 3.8) is 0 Å². The van der Waals surface area contributed by atoms with Crippen molar-refractivity contribution in [1.82, 2.24) is 10.2 Å². The number of benzene rings is 2. The van der Waals surface area contributed by atoms with Crippen LogP contribution in [-0.4, -0.2) is 42.7 Å². The van der Waals surface area contributed by atoms with Crippen LogP contribution in [0.15, 0.2) is 53.5 Å². The molecule has 1 aliphatic heterocycles. The lowest BCUT2D eigenvalue weighted by molar-refractivity contribution is 0.186. The number of rotatable bonds is 5. The van der Waals surface area contributed by atoms with Crippen LogP contribution >= 0.6 is 24.0 Å². The number of nitrogens with zero attached hydrogens (tertiary/aromatic N) is 2. The van der Waals surface area contributed by atoms with E-state index in [1.807, 2.05) is 24.3 Å². The summed E-state index contributed by atoms with van der Waals surface area (Å²) < 4.78 is 5.16. The van der Waals surface area contributed by atoms with Crippen LogP contribution in [0.1, 0.15) is 29.7 Å². The molecule has 27 heavy (non-hydrogen) atoms. The van der Waals surface area contributed by atoms with Crippen LogP contribution in [0.3, 0.4) is 0 Å². The van der Waals surface area contributed by atoms with Gasteiger partial charge in [-0.1, -0.05) is 36.4 Å². The zero-order valence-corrected chi connectivity index (χ0v) is 18.2. The van der Waals surface area contributed by atoms with Crippen LogP contribution in [0.25, 0.3) is 0 Å². The Bertz CT molecular complexity index is 749. The van der Waals surface area contributed by atoms with E-state index in [1.54, 1.807) is 7.11 Å². The molecule has 3 rings (SSSR count). The Hall–Kier alpha value is -1.80. The summed E-state index contributed by atoms with van der Waals surface area (Å²) in [6.45, 7) is 4.97. The number of halogens is 1. The Kier molecular flexibility index (Phi) is 8.37. The maximum atomic E-state index is 10.5. The Morgan fingerprint density at radius 2 is 1.89 bits per heavy atom. The van der Waals surface area contributed by atoms with Gasteiger partial charge in [0.15, 0.2) is 5.96 Å². The van der Waals surface area contributed by atoms with Gasteiger partial charge in [-0.15, -0.1) is 24.0 Å². The molecule has 1 unspecified atom stereocenters. The van der Waals surface area contributed by atoms with Gasteiger partial charge in [-0.25, -0.2) is 0 Å². The molecule has 0 radical (unpaired) electrons. The van der Waals surface area contributed by atoms with Crippen molar-refractivity contribution in [2.45, 2.75) is 26.0 Å². The number of aliphatic hydroxyl groups excluding tert-OH is 1. The number of aliphatic hydroxyl groups is 1. The molecule has 6 heteroatoms. The normalized spacial score (nSPS) is 14.8. The highest BCUT2D eigenvalue weighted by atomic mass is 127. The first-order valence-electron chi connectivity index (χ1n) is 9.13.